The topological polar surface area (TPSA) is 84.3 Å². The van der Waals surface area contributed by atoms with Crippen molar-refractivity contribution in [3.8, 4) is 5.69 Å². The normalized spacial score (nSPS) is 12.7. The number of nitrogens with one attached hydrogen (secondary N) is 1. The Morgan fingerprint density at radius 2 is 1.68 bits per heavy atom. The van der Waals surface area contributed by atoms with Gasteiger partial charge in [-0.3, -0.25) is 4.79 Å². The molecule has 7 nitrogen and oxygen atoms in total. The minimum absolute atomic E-state index is 0.246. The van der Waals surface area contributed by atoms with E-state index >= 15 is 0 Å². The quantitative estimate of drug-likeness (QED) is 0.579. The Balaban J connectivity index is 1.73. The minimum Gasteiger partial charge on any atom is -0.344 e. The molecule has 0 bridgehead atoms. The van der Waals surface area contributed by atoms with Crippen molar-refractivity contribution in [2.75, 3.05) is 13.1 Å². The number of carbonyl (C=O) groups excluding carboxylic acids is 1. The van der Waals surface area contributed by atoms with Crippen molar-refractivity contribution < 1.29 is 13.2 Å². The summed E-state index contributed by atoms with van der Waals surface area (Å²) in [5, 5.41) is 7.36. The Hall–Kier alpha value is -2.97. The van der Waals surface area contributed by atoms with Crippen molar-refractivity contribution in [1.82, 2.24) is 19.4 Å². The van der Waals surface area contributed by atoms with E-state index in [0.29, 0.717) is 18.8 Å². The molecule has 1 aromatic heterocycles. The van der Waals surface area contributed by atoms with E-state index in [9.17, 15) is 13.2 Å². The van der Waals surface area contributed by atoms with Crippen LogP contribution in [0.2, 0.25) is 0 Å². The monoisotopic (exact) mass is 440 g/mol. The highest BCUT2D eigenvalue weighted by atomic mass is 32.2. The number of hydrogen-bond acceptors (Lipinski definition) is 4. The van der Waals surface area contributed by atoms with Crippen molar-refractivity contribution in [1.29, 1.82) is 0 Å². The third-order valence-corrected chi connectivity index (χ3v) is 7.26. The highest BCUT2D eigenvalue weighted by molar-refractivity contribution is 7.89. The van der Waals surface area contributed by atoms with Gasteiger partial charge >= 0.3 is 0 Å². The van der Waals surface area contributed by atoms with E-state index < -0.39 is 10.0 Å². The first kappa shape index (κ1) is 22.7. The van der Waals surface area contributed by atoms with Gasteiger partial charge in [0.25, 0.3) is 5.91 Å². The first-order valence-corrected chi connectivity index (χ1v) is 11.7. The second kappa shape index (κ2) is 9.45. The van der Waals surface area contributed by atoms with E-state index in [4.69, 9.17) is 0 Å². The van der Waals surface area contributed by atoms with Gasteiger partial charge in [0.05, 0.1) is 16.6 Å². The smallest absolute Gasteiger partial charge is 0.272 e. The van der Waals surface area contributed by atoms with Crippen LogP contribution in [-0.4, -0.2) is 41.5 Å². The van der Waals surface area contributed by atoms with E-state index in [1.165, 1.54) is 4.31 Å². The van der Waals surface area contributed by atoms with Gasteiger partial charge in [-0.05, 0) is 49.7 Å². The second-order valence-corrected chi connectivity index (χ2v) is 9.21. The van der Waals surface area contributed by atoms with Gasteiger partial charge in [-0.1, -0.05) is 44.2 Å². The molecule has 1 unspecified atom stereocenters. The number of carbonyl (C=O) groups is 1. The fourth-order valence-electron chi connectivity index (χ4n) is 3.41. The van der Waals surface area contributed by atoms with Crippen molar-refractivity contribution in [2.45, 2.75) is 38.6 Å². The molecular formula is C23H28N4O3S. The summed E-state index contributed by atoms with van der Waals surface area (Å²) in [6, 6.07) is 17.7. The predicted octanol–water partition coefficient (Wildman–Crippen LogP) is 3.70. The van der Waals surface area contributed by atoms with Crippen LogP contribution in [0.4, 0.5) is 0 Å². The number of nitrogens with zero attached hydrogens (tertiary/aromatic N) is 3. The highest BCUT2D eigenvalue weighted by Crippen LogP contribution is 2.20. The summed E-state index contributed by atoms with van der Waals surface area (Å²) < 4.78 is 28.4. The van der Waals surface area contributed by atoms with Crippen LogP contribution >= 0.6 is 0 Å². The lowest BCUT2D eigenvalue weighted by Gasteiger charge is -2.19. The average molecular weight is 441 g/mol. The molecule has 0 saturated heterocycles. The summed E-state index contributed by atoms with van der Waals surface area (Å²) in [4.78, 5) is 13.0. The Morgan fingerprint density at radius 1 is 1.06 bits per heavy atom. The van der Waals surface area contributed by atoms with Gasteiger partial charge in [0.1, 0.15) is 0 Å². The van der Waals surface area contributed by atoms with Crippen LogP contribution in [0.3, 0.4) is 0 Å². The molecule has 0 aliphatic heterocycles. The summed E-state index contributed by atoms with van der Waals surface area (Å²) in [6.07, 6.45) is 0. The first-order chi connectivity index (χ1) is 14.8. The maximum atomic E-state index is 12.7. The third-order valence-electron chi connectivity index (χ3n) is 5.19. The lowest BCUT2D eigenvalue weighted by Crippen LogP contribution is -2.30. The molecule has 2 aromatic carbocycles. The zero-order valence-corrected chi connectivity index (χ0v) is 19.1. The zero-order valence-electron chi connectivity index (χ0n) is 18.2. The van der Waals surface area contributed by atoms with E-state index in [0.717, 1.165) is 16.9 Å². The highest BCUT2D eigenvalue weighted by Gasteiger charge is 2.22. The van der Waals surface area contributed by atoms with Crippen LogP contribution in [-0.2, 0) is 10.0 Å². The van der Waals surface area contributed by atoms with E-state index in [1.54, 1.807) is 35.0 Å². The van der Waals surface area contributed by atoms with Crippen molar-refractivity contribution in [3.63, 3.8) is 0 Å². The third kappa shape index (κ3) is 4.86. The number of aryl methyl sites for hydroxylation is 1. The van der Waals surface area contributed by atoms with Crippen molar-refractivity contribution in [3.05, 3.63) is 77.6 Å². The number of para-hydroxylation sites is 1. The molecule has 3 rings (SSSR count). The maximum Gasteiger partial charge on any atom is 0.272 e. The predicted molar refractivity (Wildman–Crippen MR) is 121 cm³/mol. The van der Waals surface area contributed by atoms with Crippen LogP contribution < -0.4 is 5.32 Å². The van der Waals surface area contributed by atoms with Crippen LogP contribution in [0.25, 0.3) is 5.69 Å². The SMILES string of the molecule is CCN(CC)S(=O)(=O)c1ccc(C(C)NC(=O)c2cc(C)n(-c3ccccc3)n2)cc1. The fourth-order valence-corrected chi connectivity index (χ4v) is 4.87. The summed E-state index contributed by atoms with van der Waals surface area (Å²) >= 11 is 0. The molecule has 1 amide bonds. The number of sulfonamides is 1. The molecule has 0 radical (unpaired) electrons. The Kier molecular flexibility index (Phi) is 6.92. The van der Waals surface area contributed by atoms with Gasteiger partial charge < -0.3 is 5.32 Å². The molecule has 1 atom stereocenters. The van der Waals surface area contributed by atoms with Crippen LogP contribution in [0, 0.1) is 6.92 Å². The standard InChI is InChI=1S/C23H28N4O3S/c1-5-26(6-2)31(29,30)21-14-12-19(13-15-21)18(4)24-23(28)22-16-17(3)27(25-22)20-10-8-7-9-11-20/h7-16,18H,5-6H2,1-4H3,(H,24,28). The molecule has 0 aliphatic rings. The van der Waals surface area contributed by atoms with Gasteiger partial charge in [-0.2, -0.15) is 9.40 Å². The number of rotatable bonds is 8. The van der Waals surface area contributed by atoms with Gasteiger partial charge in [0.2, 0.25) is 10.0 Å². The number of benzene rings is 2. The molecule has 1 heterocycles. The summed E-state index contributed by atoms with van der Waals surface area (Å²) in [7, 11) is -3.50. The largest absolute Gasteiger partial charge is 0.344 e. The first-order valence-electron chi connectivity index (χ1n) is 10.3. The minimum atomic E-state index is -3.50. The van der Waals surface area contributed by atoms with Gasteiger partial charge in [-0.25, -0.2) is 13.1 Å². The molecule has 0 saturated carbocycles. The second-order valence-electron chi connectivity index (χ2n) is 7.27. The Bertz CT molecular complexity index is 1140. The average Bonchev–Trinajstić information content (AvgIpc) is 3.17. The van der Waals surface area contributed by atoms with Gasteiger partial charge in [-0.15, -0.1) is 0 Å². The molecule has 31 heavy (non-hydrogen) atoms. The van der Waals surface area contributed by atoms with E-state index in [2.05, 4.69) is 10.4 Å². The van der Waals surface area contributed by atoms with E-state index in [-0.39, 0.29) is 16.8 Å². The molecule has 164 valence electrons. The molecule has 0 aliphatic carbocycles. The van der Waals surface area contributed by atoms with Gasteiger partial charge in [0.15, 0.2) is 5.69 Å². The number of hydrogen-bond donors (Lipinski definition) is 1. The Labute approximate surface area is 183 Å². The lowest BCUT2D eigenvalue weighted by molar-refractivity contribution is 0.0934. The Morgan fingerprint density at radius 3 is 2.26 bits per heavy atom. The summed E-state index contributed by atoms with van der Waals surface area (Å²) in [6.45, 7) is 8.22. The van der Waals surface area contributed by atoms with Crippen LogP contribution in [0.5, 0.6) is 0 Å². The van der Waals surface area contributed by atoms with Crippen molar-refractivity contribution in [2.24, 2.45) is 0 Å². The molecule has 3 aromatic rings. The van der Waals surface area contributed by atoms with Crippen LogP contribution in [0.1, 0.15) is 48.6 Å². The van der Waals surface area contributed by atoms with Crippen LogP contribution in [0.15, 0.2) is 65.6 Å². The number of aromatic nitrogens is 2. The maximum absolute atomic E-state index is 12.7. The summed E-state index contributed by atoms with van der Waals surface area (Å²) in [5.74, 6) is -0.287. The van der Waals surface area contributed by atoms with Gasteiger partial charge in [0, 0.05) is 18.8 Å². The summed E-state index contributed by atoms with van der Waals surface area (Å²) in [5.41, 5.74) is 2.88. The fraction of sp³-hybridized carbons (Fsp3) is 0.304. The molecule has 0 spiro atoms. The number of amides is 1. The lowest BCUT2D eigenvalue weighted by atomic mass is 10.1. The molecular weight excluding hydrogens is 412 g/mol. The van der Waals surface area contributed by atoms with Crippen molar-refractivity contribution >= 4 is 15.9 Å². The molecule has 1 N–H and O–H groups in total. The molecule has 0 fully saturated rings. The molecule has 8 heteroatoms. The zero-order chi connectivity index (χ0) is 22.6. The van der Waals surface area contributed by atoms with E-state index in [1.807, 2.05) is 58.0 Å².